The molecule has 3 N–H and O–H groups in total. The molecule has 0 bridgehead atoms. The van der Waals surface area contributed by atoms with Gasteiger partial charge < -0.3 is 0 Å². The van der Waals surface area contributed by atoms with Crippen LogP contribution in [0.1, 0.15) is 29.2 Å². The van der Waals surface area contributed by atoms with Gasteiger partial charge in [0.25, 0.3) is 0 Å². The zero-order valence-corrected chi connectivity index (χ0v) is 12.8. The fourth-order valence-electron chi connectivity index (χ4n) is 3.03. The van der Waals surface area contributed by atoms with Crippen molar-refractivity contribution in [1.82, 2.24) is 10.4 Å². The Labute approximate surface area is 127 Å². The number of pyridine rings is 1. The first kappa shape index (κ1) is 13.7. The first-order valence-corrected chi connectivity index (χ1v) is 7.71. The van der Waals surface area contributed by atoms with Crippen molar-refractivity contribution in [3.05, 3.63) is 63.9 Å². The molecule has 2 atom stereocenters. The summed E-state index contributed by atoms with van der Waals surface area (Å²) in [5.74, 6) is 6.20. The van der Waals surface area contributed by atoms with Crippen LogP contribution in [0.25, 0.3) is 0 Å². The van der Waals surface area contributed by atoms with Crippen LogP contribution < -0.4 is 11.3 Å². The Balaban J connectivity index is 1.79. The van der Waals surface area contributed by atoms with Gasteiger partial charge in [-0.2, -0.15) is 0 Å². The predicted molar refractivity (Wildman–Crippen MR) is 84.3 cm³/mol. The van der Waals surface area contributed by atoms with Gasteiger partial charge in [0, 0.05) is 28.3 Å². The van der Waals surface area contributed by atoms with Gasteiger partial charge in [0.15, 0.2) is 0 Å². The van der Waals surface area contributed by atoms with E-state index >= 15 is 0 Å². The summed E-state index contributed by atoms with van der Waals surface area (Å²) in [5.41, 5.74) is 6.87. The van der Waals surface area contributed by atoms with Crippen molar-refractivity contribution in [2.75, 3.05) is 0 Å². The van der Waals surface area contributed by atoms with Crippen molar-refractivity contribution in [1.29, 1.82) is 0 Å². The molecule has 0 radical (unpaired) electrons. The number of fused-ring (bicyclic) bond motifs is 1. The Morgan fingerprint density at radius 2 is 2.10 bits per heavy atom. The Hall–Kier alpha value is -1.23. The molecule has 3 nitrogen and oxygen atoms in total. The summed E-state index contributed by atoms with van der Waals surface area (Å²) in [7, 11) is 0. The van der Waals surface area contributed by atoms with Gasteiger partial charge in [-0.1, -0.05) is 34.1 Å². The highest BCUT2D eigenvalue weighted by molar-refractivity contribution is 9.10. The zero-order valence-electron chi connectivity index (χ0n) is 11.2. The van der Waals surface area contributed by atoms with E-state index in [9.17, 15) is 0 Å². The molecule has 104 valence electrons. The third-order valence-corrected chi connectivity index (χ3v) is 4.60. The van der Waals surface area contributed by atoms with E-state index in [1.807, 2.05) is 12.3 Å². The minimum Gasteiger partial charge on any atom is -0.271 e. The number of rotatable bonds is 4. The van der Waals surface area contributed by atoms with Crippen LogP contribution in [0.3, 0.4) is 0 Å². The van der Waals surface area contributed by atoms with Crippen LogP contribution >= 0.6 is 15.9 Å². The molecule has 3 rings (SSSR count). The number of nitrogens with zero attached hydrogens (tertiary/aromatic N) is 1. The third-order valence-electron chi connectivity index (χ3n) is 4.07. The second kappa shape index (κ2) is 6.04. The number of hydrogen-bond acceptors (Lipinski definition) is 3. The molecular formula is C16H18BrN3. The summed E-state index contributed by atoms with van der Waals surface area (Å²) in [6.07, 6.45) is 5.03. The lowest BCUT2D eigenvalue weighted by Gasteiger charge is -2.23. The van der Waals surface area contributed by atoms with Crippen molar-refractivity contribution >= 4 is 15.9 Å². The summed E-state index contributed by atoms with van der Waals surface area (Å²) in [6, 6.07) is 12.8. The summed E-state index contributed by atoms with van der Waals surface area (Å²) in [5, 5.41) is 0. The molecule has 2 unspecified atom stereocenters. The lowest BCUT2D eigenvalue weighted by molar-refractivity contribution is 0.429. The fraction of sp³-hybridized carbons (Fsp3) is 0.312. The molecule has 0 spiro atoms. The van der Waals surface area contributed by atoms with Crippen LogP contribution in [0.4, 0.5) is 0 Å². The number of nitrogens with one attached hydrogen (secondary N) is 1. The molecular weight excluding hydrogens is 314 g/mol. The quantitative estimate of drug-likeness (QED) is 0.669. The molecule has 0 saturated heterocycles. The molecule has 2 aromatic rings. The van der Waals surface area contributed by atoms with Crippen LogP contribution in [-0.2, 0) is 12.8 Å². The minimum absolute atomic E-state index is 0.229. The van der Waals surface area contributed by atoms with Crippen LogP contribution in [0.15, 0.2) is 47.1 Å². The number of hydrazine groups is 1. The molecule has 4 heteroatoms. The van der Waals surface area contributed by atoms with Gasteiger partial charge in [-0.05, 0) is 48.6 Å². The van der Waals surface area contributed by atoms with Gasteiger partial charge in [-0.15, -0.1) is 0 Å². The summed E-state index contributed by atoms with van der Waals surface area (Å²) in [4.78, 5) is 4.56. The largest absolute Gasteiger partial charge is 0.271 e. The minimum atomic E-state index is 0.229. The van der Waals surface area contributed by atoms with Crippen molar-refractivity contribution in [2.45, 2.75) is 31.2 Å². The zero-order chi connectivity index (χ0) is 13.9. The van der Waals surface area contributed by atoms with Crippen LogP contribution in [0.5, 0.6) is 0 Å². The van der Waals surface area contributed by atoms with Gasteiger partial charge in [0.05, 0.1) is 0 Å². The van der Waals surface area contributed by atoms with E-state index in [-0.39, 0.29) is 6.04 Å². The number of benzene rings is 1. The normalized spacial score (nSPS) is 18.8. The van der Waals surface area contributed by atoms with Gasteiger partial charge in [-0.25, -0.2) is 0 Å². The van der Waals surface area contributed by atoms with Gasteiger partial charge in [-0.3, -0.25) is 16.3 Å². The molecule has 1 aromatic carbocycles. The molecule has 0 aliphatic heterocycles. The van der Waals surface area contributed by atoms with Gasteiger partial charge in [0.2, 0.25) is 0 Å². The van der Waals surface area contributed by atoms with Gasteiger partial charge in [0.1, 0.15) is 0 Å². The summed E-state index contributed by atoms with van der Waals surface area (Å²) < 4.78 is 1.10. The first-order valence-electron chi connectivity index (χ1n) is 6.92. The first-order chi connectivity index (χ1) is 9.78. The monoisotopic (exact) mass is 331 g/mol. The molecule has 1 aliphatic rings. The maximum atomic E-state index is 5.80. The smallest absolute Gasteiger partial charge is 0.0482 e. The molecule has 0 saturated carbocycles. The topological polar surface area (TPSA) is 50.9 Å². The SMILES string of the molecule is NNC(Cc1ccc(Br)cc1)C1CCc2cccnc21. The third kappa shape index (κ3) is 2.77. The number of halogens is 1. The Bertz CT molecular complexity index is 583. The van der Waals surface area contributed by atoms with Crippen LogP contribution in [0, 0.1) is 0 Å². The lowest BCUT2D eigenvalue weighted by Crippen LogP contribution is -2.41. The van der Waals surface area contributed by atoms with E-state index in [0.29, 0.717) is 5.92 Å². The maximum absolute atomic E-state index is 5.80. The van der Waals surface area contributed by atoms with Crippen LogP contribution in [0.2, 0.25) is 0 Å². The van der Waals surface area contributed by atoms with Crippen molar-refractivity contribution in [3.8, 4) is 0 Å². The Morgan fingerprint density at radius 3 is 2.85 bits per heavy atom. The average Bonchev–Trinajstić information content (AvgIpc) is 2.91. The second-order valence-electron chi connectivity index (χ2n) is 5.30. The molecule has 20 heavy (non-hydrogen) atoms. The number of aromatic nitrogens is 1. The standard InChI is InChI=1S/C16H18BrN3/c17-13-6-3-11(4-7-13)10-15(20-18)14-8-5-12-2-1-9-19-16(12)14/h1-4,6-7,9,14-15,20H,5,8,10,18H2. The molecule has 1 heterocycles. The van der Waals surface area contributed by atoms with Crippen molar-refractivity contribution in [2.24, 2.45) is 5.84 Å². The summed E-state index contributed by atoms with van der Waals surface area (Å²) >= 11 is 3.47. The number of hydrogen-bond donors (Lipinski definition) is 2. The molecule has 1 aliphatic carbocycles. The maximum Gasteiger partial charge on any atom is 0.0482 e. The second-order valence-corrected chi connectivity index (χ2v) is 6.21. The van der Waals surface area contributed by atoms with E-state index in [2.05, 4.69) is 56.7 Å². The van der Waals surface area contributed by atoms with E-state index in [1.165, 1.54) is 16.8 Å². The molecule has 0 amide bonds. The van der Waals surface area contributed by atoms with Crippen molar-refractivity contribution < 1.29 is 0 Å². The highest BCUT2D eigenvalue weighted by Gasteiger charge is 2.30. The highest BCUT2D eigenvalue weighted by atomic mass is 79.9. The molecule has 0 fully saturated rings. The fourth-order valence-corrected chi connectivity index (χ4v) is 3.29. The van der Waals surface area contributed by atoms with Crippen LogP contribution in [-0.4, -0.2) is 11.0 Å². The van der Waals surface area contributed by atoms with Crippen molar-refractivity contribution in [3.63, 3.8) is 0 Å². The van der Waals surface area contributed by atoms with E-state index in [1.54, 1.807) is 0 Å². The average molecular weight is 332 g/mol. The van der Waals surface area contributed by atoms with E-state index in [4.69, 9.17) is 5.84 Å². The van der Waals surface area contributed by atoms with E-state index < -0.39 is 0 Å². The lowest BCUT2D eigenvalue weighted by atomic mass is 9.92. The Morgan fingerprint density at radius 1 is 1.30 bits per heavy atom. The Kier molecular flexibility index (Phi) is 4.15. The number of nitrogens with two attached hydrogens (primary N) is 1. The molecule has 1 aromatic heterocycles. The van der Waals surface area contributed by atoms with E-state index in [0.717, 1.165) is 23.7 Å². The highest BCUT2D eigenvalue weighted by Crippen LogP contribution is 2.34. The number of aryl methyl sites for hydroxylation is 1. The predicted octanol–water partition coefficient (Wildman–Crippen LogP) is 2.95. The summed E-state index contributed by atoms with van der Waals surface area (Å²) in [6.45, 7) is 0. The van der Waals surface area contributed by atoms with Gasteiger partial charge >= 0.3 is 0 Å².